The Bertz CT molecular complexity index is 889. The Morgan fingerprint density at radius 3 is 2.59 bits per heavy atom. The molecular formula is C17H22N4O. The second-order valence-corrected chi connectivity index (χ2v) is 6.02. The first-order valence-corrected chi connectivity index (χ1v) is 7.69. The van der Waals surface area contributed by atoms with Crippen LogP contribution in [0, 0.1) is 6.92 Å². The van der Waals surface area contributed by atoms with E-state index < -0.39 is 0 Å². The van der Waals surface area contributed by atoms with Gasteiger partial charge in [0.15, 0.2) is 0 Å². The van der Waals surface area contributed by atoms with Gasteiger partial charge in [-0.15, -0.1) is 0 Å². The van der Waals surface area contributed by atoms with E-state index in [1.807, 2.05) is 47.5 Å². The van der Waals surface area contributed by atoms with Gasteiger partial charge in [-0.05, 0) is 13.0 Å². The maximum Gasteiger partial charge on any atom is 0.260 e. The number of fused-ring (bicyclic) bond motifs is 3. The van der Waals surface area contributed by atoms with Crippen LogP contribution >= 0.6 is 0 Å². The highest BCUT2D eigenvalue weighted by molar-refractivity contribution is 6.05. The molecule has 0 aliphatic carbocycles. The third kappa shape index (κ3) is 2.31. The summed E-state index contributed by atoms with van der Waals surface area (Å²) in [4.78, 5) is 12.9. The van der Waals surface area contributed by atoms with E-state index in [-0.39, 0.29) is 5.56 Å². The molecule has 1 aromatic carbocycles. The number of aromatic nitrogens is 3. The molecule has 0 amide bonds. The van der Waals surface area contributed by atoms with Gasteiger partial charge in [0.2, 0.25) is 0 Å². The summed E-state index contributed by atoms with van der Waals surface area (Å²) in [5.41, 5.74) is 1.91. The molecule has 2 aromatic heterocycles. The maximum atomic E-state index is 12.9. The molecule has 0 unspecified atom stereocenters. The minimum atomic E-state index is 0.0525. The van der Waals surface area contributed by atoms with Crippen LogP contribution in [0.5, 0.6) is 0 Å². The van der Waals surface area contributed by atoms with Crippen molar-refractivity contribution in [3.63, 3.8) is 0 Å². The summed E-state index contributed by atoms with van der Waals surface area (Å²) >= 11 is 0. The van der Waals surface area contributed by atoms with Crippen LogP contribution in [-0.2, 0) is 13.6 Å². The third-order valence-electron chi connectivity index (χ3n) is 4.01. The predicted molar refractivity (Wildman–Crippen MR) is 90.4 cm³/mol. The minimum Gasteiger partial charge on any atom is -0.313 e. The zero-order valence-corrected chi connectivity index (χ0v) is 13.6. The van der Waals surface area contributed by atoms with Crippen LogP contribution in [0.15, 0.2) is 29.1 Å². The molecule has 0 radical (unpaired) electrons. The molecule has 0 aliphatic heterocycles. The number of hydrogen-bond donors (Lipinski definition) is 1. The zero-order valence-electron chi connectivity index (χ0n) is 13.6. The van der Waals surface area contributed by atoms with Gasteiger partial charge < -0.3 is 5.32 Å². The van der Waals surface area contributed by atoms with Gasteiger partial charge in [0.25, 0.3) is 5.56 Å². The van der Waals surface area contributed by atoms with Crippen LogP contribution in [0.4, 0.5) is 0 Å². The lowest BCUT2D eigenvalue weighted by Crippen LogP contribution is -2.31. The number of nitrogens with one attached hydrogen (secondary N) is 1. The second kappa shape index (κ2) is 5.57. The maximum absolute atomic E-state index is 12.9. The van der Waals surface area contributed by atoms with Crippen molar-refractivity contribution in [1.82, 2.24) is 19.7 Å². The lowest BCUT2D eigenvalue weighted by molar-refractivity contribution is 0.537. The molecule has 3 aromatic rings. The van der Waals surface area contributed by atoms with Gasteiger partial charge in [0.1, 0.15) is 5.65 Å². The zero-order chi connectivity index (χ0) is 15.9. The van der Waals surface area contributed by atoms with Crippen LogP contribution < -0.4 is 10.9 Å². The van der Waals surface area contributed by atoms with Crippen molar-refractivity contribution in [2.24, 2.45) is 7.05 Å². The molecule has 0 fully saturated rings. The van der Waals surface area contributed by atoms with E-state index in [4.69, 9.17) is 0 Å². The molecule has 0 saturated heterocycles. The Hall–Kier alpha value is -2.14. The largest absolute Gasteiger partial charge is 0.313 e. The van der Waals surface area contributed by atoms with Gasteiger partial charge in [-0.25, -0.2) is 0 Å². The van der Waals surface area contributed by atoms with E-state index in [0.29, 0.717) is 12.6 Å². The summed E-state index contributed by atoms with van der Waals surface area (Å²) in [5.74, 6) is 0. The van der Waals surface area contributed by atoms with E-state index >= 15 is 0 Å². The quantitative estimate of drug-likeness (QED) is 0.803. The van der Waals surface area contributed by atoms with Gasteiger partial charge in [0.05, 0.1) is 5.69 Å². The average molecular weight is 298 g/mol. The van der Waals surface area contributed by atoms with Crippen molar-refractivity contribution in [3.8, 4) is 0 Å². The summed E-state index contributed by atoms with van der Waals surface area (Å²) < 4.78 is 3.65. The molecule has 3 rings (SSSR count). The van der Waals surface area contributed by atoms with Crippen molar-refractivity contribution in [2.45, 2.75) is 33.4 Å². The standard InChI is InChI=1S/C17H22N4O/c1-11(2)18-9-10-21-16-15(12(3)19-20(16)4)13-7-5-6-8-14(13)17(21)22/h5-8,11,18H,9-10H2,1-4H3. The number of pyridine rings is 1. The highest BCUT2D eigenvalue weighted by Crippen LogP contribution is 2.25. The van der Waals surface area contributed by atoms with Crippen LogP contribution in [0.2, 0.25) is 0 Å². The van der Waals surface area contributed by atoms with E-state index in [1.165, 1.54) is 0 Å². The van der Waals surface area contributed by atoms with Gasteiger partial charge in [-0.3, -0.25) is 14.0 Å². The van der Waals surface area contributed by atoms with E-state index in [0.717, 1.165) is 34.0 Å². The fraction of sp³-hybridized carbons (Fsp3) is 0.412. The van der Waals surface area contributed by atoms with Gasteiger partial charge in [0, 0.05) is 42.3 Å². The predicted octanol–water partition coefficient (Wildman–Crippen LogP) is 2.19. The molecular weight excluding hydrogens is 276 g/mol. The van der Waals surface area contributed by atoms with Crippen LogP contribution in [0.1, 0.15) is 19.5 Å². The smallest absolute Gasteiger partial charge is 0.260 e. The Balaban J connectivity index is 2.28. The highest BCUT2D eigenvalue weighted by Gasteiger charge is 2.16. The number of benzene rings is 1. The fourth-order valence-corrected chi connectivity index (χ4v) is 3.07. The summed E-state index contributed by atoms with van der Waals surface area (Å²) in [5, 5.41) is 10.7. The van der Waals surface area contributed by atoms with Gasteiger partial charge in [-0.1, -0.05) is 32.0 Å². The topological polar surface area (TPSA) is 51.9 Å². The van der Waals surface area contributed by atoms with Gasteiger partial charge in [-0.2, -0.15) is 5.10 Å². The number of hydrogen-bond acceptors (Lipinski definition) is 3. The molecule has 5 heteroatoms. The molecule has 0 bridgehead atoms. The summed E-state index contributed by atoms with van der Waals surface area (Å²) in [7, 11) is 1.90. The molecule has 0 saturated carbocycles. The SMILES string of the molecule is Cc1nn(C)c2c1c1ccccc1c(=O)n2CCNC(C)C. The van der Waals surface area contributed by atoms with E-state index in [9.17, 15) is 4.79 Å². The number of rotatable bonds is 4. The van der Waals surface area contributed by atoms with Crippen LogP contribution in [-0.4, -0.2) is 26.9 Å². The molecule has 22 heavy (non-hydrogen) atoms. The summed E-state index contributed by atoms with van der Waals surface area (Å²) in [6, 6.07) is 8.19. The van der Waals surface area contributed by atoms with Crippen LogP contribution in [0.25, 0.3) is 21.8 Å². The Morgan fingerprint density at radius 1 is 1.23 bits per heavy atom. The highest BCUT2D eigenvalue weighted by atomic mass is 16.1. The Labute approximate surface area is 129 Å². The van der Waals surface area contributed by atoms with E-state index in [2.05, 4.69) is 24.3 Å². The van der Waals surface area contributed by atoms with Crippen molar-refractivity contribution < 1.29 is 0 Å². The first-order chi connectivity index (χ1) is 10.5. The molecule has 0 spiro atoms. The second-order valence-electron chi connectivity index (χ2n) is 6.02. The lowest BCUT2D eigenvalue weighted by atomic mass is 10.1. The number of nitrogens with zero attached hydrogens (tertiary/aromatic N) is 3. The molecule has 116 valence electrons. The van der Waals surface area contributed by atoms with Crippen molar-refractivity contribution >= 4 is 21.8 Å². The van der Waals surface area contributed by atoms with Gasteiger partial charge >= 0.3 is 0 Å². The molecule has 0 atom stereocenters. The monoisotopic (exact) mass is 298 g/mol. The first-order valence-electron chi connectivity index (χ1n) is 7.69. The lowest BCUT2D eigenvalue weighted by Gasteiger charge is -2.13. The van der Waals surface area contributed by atoms with E-state index in [1.54, 1.807) is 0 Å². The van der Waals surface area contributed by atoms with Crippen LogP contribution in [0.3, 0.4) is 0 Å². The first kappa shape index (κ1) is 14.8. The number of aryl methyl sites for hydroxylation is 2. The Kier molecular flexibility index (Phi) is 3.74. The van der Waals surface area contributed by atoms with Crippen molar-refractivity contribution in [3.05, 3.63) is 40.3 Å². The fourth-order valence-electron chi connectivity index (χ4n) is 3.07. The van der Waals surface area contributed by atoms with Crippen molar-refractivity contribution in [1.29, 1.82) is 0 Å². The third-order valence-corrected chi connectivity index (χ3v) is 4.01. The Morgan fingerprint density at radius 2 is 1.91 bits per heavy atom. The summed E-state index contributed by atoms with van der Waals surface area (Å²) in [6.07, 6.45) is 0. The average Bonchev–Trinajstić information content (AvgIpc) is 2.77. The molecule has 0 aliphatic rings. The summed E-state index contributed by atoms with van der Waals surface area (Å²) in [6.45, 7) is 7.60. The molecule has 2 heterocycles. The minimum absolute atomic E-state index is 0.0525. The molecule has 5 nitrogen and oxygen atoms in total. The van der Waals surface area contributed by atoms with Crippen molar-refractivity contribution in [2.75, 3.05) is 6.54 Å². The molecule has 1 N–H and O–H groups in total. The normalized spacial score (nSPS) is 11.9.